The average Bonchev–Trinajstić information content (AvgIpc) is 3.16. The van der Waals surface area contributed by atoms with Crippen molar-refractivity contribution in [3.63, 3.8) is 0 Å². The van der Waals surface area contributed by atoms with E-state index in [0.717, 1.165) is 55.7 Å². The van der Waals surface area contributed by atoms with Crippen molar-refractivity contribution in [2.45, 2.75) is 32.7 Å². The molecule has 3 aromatic rings. The SMILES string of the molecule is CCNC(=S)Nc1ccc2ncc(-c3cnn(CCCCCOC)c3)nc2n1. The lowest BCUT2D eigenvalue weighted by atomic mass is 10.2. The number of methoxy groups -OCH3 is 1. The minimum absolute atomic E-state index is 0.533. The fourth-order valence-electron chi connectivity index (χ4n) is 2.74. The van der Waals surface area contributed by atoms with Crippen molar-refractivity contribution >= 4 is 34.3 Å². The normalized spacial score (nSPS) is 10.9. The first-order valence-electron chi connectivity index (χ1n) is 9.40. The number of hydrogen-bond donors (Lipinski definition) is 2. The molecule has 0 atom stereocenters. The second kappa shape index (κ2) is 10.0. The molecule has 0 radical (unpaired) electrons. The summed E-state index contributed by atoms with van der Waals surface area (Å²) in [4.78, 5) is 13.6. The predicted octanol–water partition coefficient (Wildman–Crippen LogP) is 3.01. The number of rotatable bonds is 9. The van der Waals surface area contributed by atoms with E-state index in [0.29, 0.717) is 16.6 Å². The Morgan fingerprint density at radius 1 is 1.18 bits per heavy atom. The Kier molecular flexibility index (Phi) is 7.21. The highest BCUT2D eigenvalue weighted by Gasteiger charge is 2.08. The van der Waals surface area contributed by atoms with Gasteiger partial charge in [-0.3, -0.25) is 9.67 Å². The van der Waals surface area contributed by atoms with Gasteiger partial charge < -0.3 is 15.4 Å². The Bertz CT molecular complexity index is 928. The molecular formula is C19H25N7OS. The standard InChI is InChI=1S/C19H25N7OS/c1-3-20-19(28)25-17-8-7-15-18(24-17)23-16(12-21-15)14-11-22-26(13-14)9-5-4-6-10-27-2/h7-8,11-13H,3-6,9-10H2,1-2H3,(H2,20,23,24,25,28). The summed E-state index contributed by atoms with van der Waals surface area (Å²) in [5.74, 6) is 0.636. The molecule has 0 bridgehead atoms. The summed E-state index contributed by atoms with van der Waals surface area (Å²) in [5, 5.41) is 11.0. The van der Waals surface area contributed by atoms with Crippen LogP contribution >= 0.6 is 12.2 Å². The van der Waals surface area contributed by atoms with Gasteiger partial charge in [0.1, 0.15) is 11.3 Å². The lowest BCUT2D eigenvalue weighted by Crippen LogP contribution is -2.28. The van der Waals surface area contributed by atoms with Crippen molar-refractivity contribution in [3.8, 4) is 11.3 Å². The zero-order valence-electron chi connectivity index (χ0n) is 16.2. The smallest absolute Gasteiger partial charge is 0.180 e. The summed E-state index contributed by atoms with van der Waals surface area (Å²) in [6, 6.07) is 3.71. The Morgan fingerprint density at radius 3 is 2.89 bits per heavy atom. The first kappa shape index (κ1) is 20.1. The number of ether oxygens (including phenoxy) is 1. The fourth-order valence-corrected chi connectivity index (χ4v) is 2.99. The molecule has 0 aliphatic rings. The van der Waals surface area contributed by atoms with Crippen LogP contribution in [0.3, 0.4) is 0 Å². The first-order chi connectivity index (χ1) is 13.7. The predicted molar refractivity (Wildman–Crippen MR) is 114 cm³/mol. The molecule has 0 fully saturated rings. The molecule has 0 amide bonds. The third kappa shape index (κ3) is 5.43. The highest BCUT2D eigenvalue weighted by atomic mass is 32.1. The maximum Gasteiger partial charge on any atom is 0.180 e. The van der Waals surface area contributed by atoms with E-state index in [4.69, 9.17) is 17.0 Å². The summed E-state index contributed by atoms with van der Waals surface area (Å²) in [5.41, 5.74) is 2.97. The monoisotopic (exact) mass is 399 g/mol. The summed E-state index contributed by atoms with van der Waals surface area (Å²) in [6.45, 7) is 4.41. The van der Waals surface area contributed by atoms with Crippen molar-refractivity contribution in [1.29, 1.82) is 0 Å². The maximum atomic E-state index is 5.20. The number of thiocarbonyl (C=S) groups is 1. The van der Waals surface area contributed by atoms with E-state index in [-0.39, 0.29) is 0 Å². The van der Waals surface area contributed by atoms with Crippen molar-refractivity contribution in [3.05, 3.63) is 30.7 Å². The van der Waals surface area contributed by atoms with Gasteiger partial charge in [0.2, 0.25) is 0 Å². The molecule has 2 N–H and O–H groups in total. The van der Waals surface area contributed by atoms with E-state index < -0.39 is 0 Å². The Hall–Kier alpha value is -2.65. The number of anilines is 1. The summed E-state index contributed by atoms with van der Waals surface area (Å²) in [6.07, 6.45) is 8.81. The van der Waals surface area contributed by atoms with E-state index >= 15 is 0 Å². The third-order valence-corrected chi connectivity index (χ3v) is 4.40. The zero-order valence-corrected chi connectivity index (χ0v) is 17.0. The van der Waals surface area contributed by atoms with E-state index in [9.17, 15) is 0 Å². The van der Waals surface area contributed by atoms with Crippen molar-refractivity contribution in [1.82, 2.24) is 30.0 Å². The third-order valence-electron chi connectivity index (χ3n) is 4.15. The van der Waals surface area contributed by atoms with Gasteiger partial charge in [-0.15, -0.1) is 0 Å². The van der Waals surface area contributed by atoms with Crippen LogP contribution in [0, 0.1) is 0 Å². The largest absolute Gasteiger partial charge is 0.385 e. The van der Waals surface area contributed by atoms with Crippen molar-refractivity contribution < 1.29 is 4.74 Å². The minimum Gasteiger partial charge on any atom is -0.385 e. The number of nitrogens with one attached hydrogen (secondary N) is 2. The molecule has 3 rings (SSSR count). The number of fused-ring (bicyclic) bond motifs is 1. The Morgan fingerprint density at radius 2 is 2.07 bits per heavy atom. The number of aromatic nitrogens is 5. The van der Waals surface area contributed by atoms with Gasteiger partial charge in [0.05, 0.1) is 18.1 Å². The van der Waals surface area contributed by atoms with E-state index in [1.165, 1.54) is 0 Å². The van der Waals surface area contributed by atoms with Gasteiger partial charge in [0.15, 0.2) is 10.8 Å². The van der Waals surface area contributed by atoms with Crippen LogP contribution in [0.1, 0.15) is 26.2 Å². The van der Waals surface area contributed by atoms with Crippen LogP contribution in [-0.4, -0.2) is 50.1 Å². The van der Waals surface area contributed by atoms with Crippen LogP contribution in [0.4, 0.5) is 5.82 Å². The molecule has 0 aromatic carbocycles. The molecule has 3 heterocycles. The van der Waals surface area contributed by atoms with Crippen molar-refractivity contribution in [2.75, 3.05) is 25.6 Å². The van der Waals surface area contributed by atoms with Crippen LogP contribution in [0.25, 0.3) is 22.4 Å². The highest BCUT2D eigenvalue weighted by Crippen LogP contribution is 2.19. The van der Waals surface area contributed by atoms with E-state index in [1.807, 2.05) is 36.1 Å². The Balaban J connectivity index is 1.70. The lowest BCUT2D eigenvalue weighted by Gasteiger charge is -2.08. The van der Waals surface area contributed by atoms with Gasteiger partial charge in [0, 0.05) is 38.6 Å². The molecule has 0 unspecified atom stereocenters. The number of nitrogens with zero attached hydrogens (tertiary/aromatic N) is 5. The molecule has 8 nitrogen and oxygen atoms in total. The van der Waals surface area contributed by atoms with Gasteiger partial charge in [-0.1, -0.05) is 0 Å². The fraction of sp³-hybridized carbons (Fsp3) is 0.421. The molecule has 9 heteroatoms. The highest BCUT2D eigenvalue weighted by molar-refractivity contribution is 7.80. The summed E-state index contributed by atoms with van der Waals surface area (Å²) in [7, 11) is 1.73. The Labute approximate surface area is 169 Å². The van der Waals surface area contributed by atoms with Crippen LogP contribution in [0.2, 0.25) is 0 Å². The first-order valence-corrected chi connectivity index (χ1v) is 9.81. The molecule has 0 saturated carbocycles. The maximum absolute atomic E-state index is 5.20. The van der Waals surface area contributed by atoms with Crippen LogP contribution in [0.5, 0.6) is 0 Å². The molecule has 148 valence electrons. The average molecular weight is 400 g/mol. The van der Waals surface area contributed by atoms with E-state index in [1.54, 1.807) is 13.3 Å². The second-order valence-corrected chi connectivity index (χ2v) is 6.73. The zero-order chi connectivity index (χ0) is 19.8. The van der Waals surface area contributed by atoms with Crippen molar-refractivity contribution in [2.24, 2.45) is 0 Å². The summed E-state index contributed by atoms with van der Waals surface area (Å²) < 4.78 is 7.01. The number of unbranched alkanes of at least 4 members (excludes halogenated alkanes) is 2. The number of pyridine rings is 1. The van der Waals surface area contributed by atoms with Gasteiger partial charge in [-0.25, -0.2) is 9.97 Å². The van der Waals surface area contributed by atoms with Crippen LogP contribution < -0.4 is 10.6 Å². The molecule has 0 aliphatic carbocycles. The number of aryl methyl sites for hydroxylation is 1. The molecular weight excluding hydrogens is 374 g/mol. The van der Waals surface area contributed by atoms with Gasteiger partial charge in [0.25, 0.3) is 0 Å². The molecule has 3 aromatic heterocycles. The molecule has 0 spiro atoms. The summed E-state index contributed by atoms with van der Waals surface area (Å²) >= 11 is 5.20. The topological polar surface area (TPSA) is 89.8 Å². The molecule has 0 aliphatic heterocycles. The molecule has 0 saturated heterocycles. The van der Waals surface area contributed by atoms with Gasteiger partial charge in [-0.05, 0) is 50.5 Å². The van der Waals surface area contributed by atoms with E-state index in [2.05, 4.69) is 30.7 Å². The molecule has 28 heavy (non-hydrogen) atoms. The second-order valence-electron chi connectivity index (χ2n) is 6.32. The van der Waals surface area contributed by atoms with Crippen LogP contribution in [0.15, 0.2) is 30.7 Å². The lowest BCUT2D eigenvalue weighted by molar-refractivity contribution is 0.191. The van der Waals surface area contributed by atoms with Crippen LogP contribution in [-0.2, 0) is 11.3 Å². The number of hydrogen-bond acceptors (Lipinski definition) is 6. The quantitative estimate of drug-likeness (QED) is 0.419. The van der Waals surface area contributed by atoms with Gasteiger partial charge >= 0.3 is 0 Å². The van der Waals surface area contributed by atoms with Gasteiger partial charge in [-0.2, -0.15) is 5.10 Å². The minimum atomic E-state index is 0.533.